The Morgan fingerprint density at radius 2 is 2.18 bits per heavy atom. The Hall–Kier alpha value is -1.61. The second-order valence-electron chi connectivity index (χ2n) is 3.89. The molecule has 0 aliphatic rings. The number of aliphatic hydroxyl groups is 1. The molecule has 0 radical (unpaired) electrons. The predicted molar refractivity (Wildman–Crippen MR) is 67.1 cm³/mol. The van der Waals surface area contributed by atoms with Crippen molar-refractivity contribution in [1.82, 2.24) is 0 Å². The lowest BCUT2D eigenvalue weighted by molar-refractivity contribution is -0.130. The van der Waals surface area contributed by atoms with Crippen LogP contribution in [0.25, 0.3) is 0 Å². The largest absolute Gasteiger partial charge is 0.423 e. The zero-order valence-corrected chi connectivity index (χ0v) is 10.3. The van der Waals surface area contributed by atoms with Gasteiger partial charge in [-0.25, -0.2) is 4.79 Å². The number of esters is 1. The third kappa shape index (κ3) is 3.43. The molecule has 0 aliphatic carbocycles. The molecule has 92 valence electrons. The van der Waals surface area contributed by atoms with Crippen molar-refractivity contribution in [2.24, 2.45) is 0 Å². The van der Waals surface area contributed by atoms with E-state index in [0.717, 1.165) is 17.5 Å². The van der Waals surface area contributed by atoms with Crippen LogP contribution in [-0.4, -0.2) is 17.7 Å². The van der Waals surface area contributed by atoms with Gasteiger partial charge in [0.05, 0.1) is 0 Å². The monoisotopic (exact) mass is 234 g/mol. The first-order valence-corrected chi connectivity index (χ1v) is 5.69. The Bertz CT molecular complexity index is 421. The quantitative estimate of drug-likeness (QED) is 0.483. The number of aliphatic hydroxyl groups excluding tert-OH is 1. The number of ether oxygens (including phenoxy) is 1. The van der Waals surface area contributed by atoms with Gasteiger partial charge in [-0.2, -0.15) is 0 Å². The lowest BCUT2D eigenvalue weighted by Gasteiger charge is -2.12. The normalized spacial score (nSPS) is 10.1. The maximum atomic E-state index is 11.5. The molecule has 3 nitrogen and oxygen atoms in total. The van der Waals surface area contributed by atoms with Crippen molar-refractivity contribution in [3.05, 3.63) is 41.5 Å². The van der Waals surface area contributed by atoms with Crippen LogP contribution in [0.15, 0.2) is 30.4 Å². The van der Waals surface area contributed by atoms with Gasteiger partial charge in [-0.05, 0) is 37.0 Å². The van der Waals surface area contributed by atoms with E-state index in [0.29, 0.717) is 17.7 Å². The lowest BCUT2D eigenvalue weighted by atomic mass is 10.0. The molecular formula is C14H18O3. The van der Waals surface area contributed by atoms with Crippen LogP contribution in [0.4, 0.5) is 0 Å². The molecule has 0 bridgehead atoms. The summed E-state index contributed by atoms with van der Waals surface area (Å²) in [5.74, 6) is 0.146. The number of hydrogen-bond donors (Lipinski definition) is 1. The Morgan fingerprint density at radius 3 is 2.71 bits per heavy atom. The van der Waals surface area contributed by atoms with Crippen LogP contribution in [0.5, 0.6) is 5.75 Å². The molecule has 0 aromatic heterocycles. The first-order valence-electron chi connectivity index (χ1n) is 5.69. The van der Waals surface area contributed by atoms with Gasteiger partial charge < -0.3 is 9.84 Å². The second kappa shape index (κ2) is 6.21. The molecule has 0 heterocycles. The van der Waals surface area contributed by atoms with E-state index >= 15 is 0 Å². The summed E-state index contributed by atoms with van der Waals surface area (Å²) in [6.45, 7) is 7.25. The predicted octanol–water partition coefficient (Wildman–Crippen LogP) is 2.27. The standard InChI is InChI=1S/C14H18O3/c1-4-12-11(8-9-15)6-5-7-13(12)17-14(16)10(2)3/h5-7,15H,2,4,8-9H2,1,3H3. The number of carbonyl (C=O) groups is 1. The average Bonchev–Trinajstić information content (AvgIpc) is 2.29. The van der Waals surface area contributed by atoms with E-state index in [2.05, 4.69) is 6.58 Å². The van der Waals surface area contributed by atoms with Gasteiger partial charge >= 0.3 is 5.97 Å². The minimum absolute atomic E-state index is 0.0882. The van der Waals surface area contributed by atoms with Crippen LogP contribution < -0.4 is 4.74 Å². The first-order chi connectivity index (χ1) is 8.10. The highest BCUT2D eigenvalue weighted by atomic mass is 16.5. The Balaban J connectivity index is 3.02. The van der Waals surface area contributed by atoms with Crippen molar-refractivity contribution in [1.29, 1.82) is 0 Å². The van der Waals surface area contributed by atoms with Gasteiger partial charge in [0.2, 0.25) is 0 Å². The molecule has 1 N–H and O–H groups in total. The van der Waals surface area contributed by atoms with Crippen LogP contribution >= 0.6 is 0 Å². The van der Waals surface area contributed by atoms with Gasteiger partial charge in [-0.15, -0.1) is 0 Å². The van der Waals surface area contributed by atoms with Crippen molar-refractivity contribution >= 4 is 5.97 Å². The molecule has 17 heavy (non-hydrogen) atoms. The summed E-state index contributed by atoms with van der Waals surface area (Å²) in [5.41, 5.74) is 2.36. The Kier molecular flexibility index (Phi) is 4.91. The van der Waals surface area contributed by atoms with Crippen molar-refractivity contribution in [2.45, 2.75) is 26.7 Å². The van der Waals surface area contributed by atoms with E-state index in [1.807, 2.05) is 19.1 Å². The summed E-state index contributed by atoms with van der Waals surface area (Å²) in [6.07, 6.45) is 1.33. The summed E-state index contributed by atoms with van der Waals surface area (Å²) in [6, 6.07) is 5.53. The molecule has 0 fully saturated rings. The number of rotatable bonds is 5. The topological polar surface area (TPSA) is 46.5 Å². The Morgan fingerprint density at radius 1 is 1.47 bits per heavy atom. The van der Waals surface area contributed by atoms with E-state index in [4.69, 9.17) is 9.84 Å². The number of carbonyl (C=O) groups excluding carboxylic acids is 1. The molecule has 1 rings (SSSR count). The summed E-state index contributed by atoms with van der Waals surface area (Å²) in [5, 5.41) is 8.98. The van der Waals surface area contributed by atoms with Crippen LogP contribution in [0.2, 0.25) is 0 Å². The average molecular weight is 234 g/mol. The highest BCUT2D eigenvalue weighted by molar-refractivity contribution is 5.89. The van der Waals surface area contributed by atoms with Crippen LogP contribution in [-0.2, 0) is 17.6 Å². The zero-order chi connectivity index (χ0) is 12.8. The number of hydrogen-bond acceptors (Lipinski definition) is 3. The van der Waals surface area contributed by atoms with E-state index in [-0.39, 0.29) is 6.61 Å². The molecule has 0 saturated carbocycles. The van der Waals surface area contributed by atoms with E-state index in [9.17, 15) is 4.79 Å². The molecular weight excluding hydrogens is 216 g/mol. The van der Waals surface area contributed by atoms with Crippen molar-refractivity contribution < 1.29 is 14.6 Å². The molecule has 0 spiro atoms. The molecule has 0 atom stereocenters. The van der Waals surface area contributed by atoms with Gasteiger partial charge in [-0.3, -0.25) is 0 Å². The van der Waals surface area contributed by atoms with Crippen molar-refractivity contribution in [2.75, 3.05) is 6.61 Å². The molecule has 0 unspecified atom stereocenters. The molecule has 0 saturated heterocycles. The van der Waals surface area contributed by atoms with E-state index in [1.165, 1.54) is 0 Å². The van der Waals surface area contributed by atoms with Gasteiger partial charge in [0.15, 0.2) is 0 Å². The van der Waals surface area contributed by atoms with Gasteiger partial charge in [0, 0.05) is 12.2 Å². The van der Waals surface area contributed by atoms with Gasteiger partial charge in [0.25, 0.3) is 0 Å². The molecule has 1 aromatic rings. The summed E-state index contributed by atoms with van der Waals surface area (Å²) < 4.78 is 5.26. The fourth-order valence-corrected chi connectivity index (χ4v) is 1.65. The summed E-state index contributed by atoms with van der Waals surface area (Å²) in [7, 11) is 0. The Labute approximate surface area is 102 Å². The molecule has 0 aliphatic heterocycles. The summed E-state index contributed by atoms with van der Waals surface area (Å²) >= 11 is 0. The highest BCUT2D eigenvalue weighted by Gasteiger charge is 2.11. The van der Waals surface area contributed by atoms with E-state index in [1.54, 1.807) is 13.0 Å². The fraction of sp³-hybridized carbons (Fsp3) is 0.357. The van der Waals surface area contributed by atoms with Crippen LogP contribution in [0, 0.1) is 0 Å². The molecule has 1 aromatic carbocycles. The third-order valence-corrected chi connectivity index (χ3v) is 2.52. The number of benzene rings is 1. The first kappa shape index (κ1) is 13.5. The van der Waals surface area contributed by atoms with Crippen LogP contribution in [0.1, 0.15) is 25.0 Å². The van der Waals surface area contributed by atoms with Gasteiger partial charge in [0.1, 0.15) is 5.75 Å². The fourth-order valence-electron chi connectivity index (χ4n) is 1.65. The van der Waals surface area contributed by atoms with Crippen molar-refractivity contribution in [3.63, 3.8) is 0 Å². The van der Waals surface area contributed by atoms with Gasteiger partial charge in [-0.1, -0.05) is 25.6 Å². The van der Waals surface area contributed by atoms with Crippen LogP contribution in [0.3, 0.4) is 0 Å². The smallest absolute Gasteiger partial charge is 0.338 e. The third-order valence-electron chi connectivity index (χ3n) is 2.52. The minimum atomic E-state index is -0.416. The second-order valence-corrected chi connectivity index (χ2v) is 3.89. The molecule has 0 amide bonds. The summed E-state index contributed by atoms with van der Waals surface area (Å²) in [4.78, 5) is 11.5. The maximum absolute atomic E-state index is 11.5. The highest BCUT2D eigenvalue weighted by Crippen LogP contribution is 2.24. The van der Waals surface area contributed by atoms with Crippen molar-refractivity contribution in [3.8, 4) is 5.75 Å². The lowest BCUT2D eigenvalue weighted by Crippen LogP contribution is -2.10. The molecule has 3 heteroatoms. The van der Waals surface area contributed by atoms with E-state index < -0.39 is 5.97 Å². The minimum Gasteiger partial charge on any atom is -0.423 e. The maximum Gasteiger partial charge on any atom is 0.338 e. The SMILES string of the molecule is C=C(C)C(=O)Oc1cccc(CCO)c1CC. The zero-order valence-electron chi connectivity index (χ0n) is 10.3.